The van der Waals surface area contributed by atoms with E-state index in [0.29, 0.717) is 18.2 Å². The number of hydrogen-bond acceptors (Lipinski definition) is 5. The zero-order valence-electron chi connectivity index (χ0n) is 14.4. The quantitative estimate of drug-likeness (QED) is 0.565. The Morgan fingerprint density at radius 3 is 2.56 bits per heavy atom. The van der Waals surface area contributed by atoms with Crippen LogP contribution in [0.15, 0.2) is 67.0 Å². The van der Waals surface area contributed by atoms with Gasteiger partial charge < -0.3 is 10.4 Å². The summed E-state index contributed by atoms with van der Waals surface area (Å²) < 4.78 is 13.6. The van der Waals surface area contributed by atoms with Crippen LogP contribution in [0.4, 0.5) is 10.2 Å². The van der Waals surface area contributed by atoms with E-state index in [2.05, 4.69) is 20.3 Å². The number of nitrogens with zero attached hydrogens (tertiary/aromatic N) is 3. The third-order valence-electron chi connectivity index (χ3n) is 4.18. The van der Waals surface area contributed by atoms with Gasteiger partial charge in [0, 0.05) is 29.9 Å². The van der Waals surface area contributed by atoms with Crippen molar-refractivity contribution in [1.82, 2.24) is 15.0 Å². The summed E-state index contributed by atoms with van der Waals surface area (Å²) in [5, 5.41) is 13.1. The zero-order valence-corrected chi connectivity index (χ0v) is 14.4. The van der Waals surface area contributed by atoms with Gasteiger partial charge in [-0.15, -0.1) is 0 Å². The van der Waals surface area contributed by atoms with Crippen LogP contribution in [0.2, 0.25) is 0 Å². The Bertz CT molecular complexity index is 1090. The Hall–Kier alpha value is -3.38. The van der Waals surface area contributed by atoms with Crippen LogP contribution in [-0.2, 0) is 0 Å². The molecule has 27 heavy (non-hydrogen) atoms. The first-order chi connectivity index (χ1) is 13.2. The molecule has 0 aliphatic carbocycles. The summed E-state index contributed by atoms with van der Waals surface area (Å²) in [4.78, 5) is 13.4. The molecule has 0 saturated heterocycles. The van der Waals surface area contributed by atoms with E-state index in [4.69, 9.17) is 0 Å². The molecule has 0 fully saturated rings. The minimum absolute atomic E-state index is 0.0166. The van der Waals surface area contributed by atoms with Gasteiger partial charge in [-0.3, -0.25) is 4.98 Å². The SMILES string of the molecule is OCCNc1nc(-c2cccnc2)nc2ccc(-c3cccc(F)c3)cc12. The maximum Gasteiger partial charge on any atom is 0.163 e. The Morgan fingerprint density at radius 1 is 0.926 bits per heavy atom. The molecule has 2 N–H and O–H groups in total. The smallest absolute Gasteiger partial charge is 0.163 e. The predicted molar refractivity (Wildman–Crippen MR) is 104 cm³/mol. The molecule has 0 radical (unpaired) electrons. The summed E-state index contributed by atoms with van der Waals surface area (Å²) in [6.45, 7) is 0.347. The van der Waals surface area contributed by atoms with E-state index in [1.165, 1.54) is 12.1 Å². The van der Waals surface area contributed by atoms with Crippen LogP contribution in [-0.4, -0.2) is 33.2 Å². The Morgan fingerprint density at radius 2 is 1.78 bits per heavy atom. The highest BCUT2D eigenvalue weighted by molar-refractivity contribution is 5.94. The highest BCUT2D eigenvalue weighted by Gasteiger charge is 2.11. The van der Waals surface area contributed by atoms with Crippen molar-refractivity contribution in [3.05, 3.63) is 72.8 Å². The number of benzene rings is 2. The Kier molecular flexibility index (Phi) is 4.72. The molecule has 2 heterocycles. The van der Waals surface area contributed by atoms with Crippen LogP contribution < -0.4 is 5.32 Å². The normalized spacial score (nSPS) is 10.9. The van der Waals surface area contributed by atoms with Crippen LogP contribution >= 0.6 is 0 Å². The van der Waals surface area contributed by atoms with E-state index in [9.17, 15) is 9.50 Å². The molecular formula is C21H17FN4O. The van der Waals surface area contributed by atoms with E-state index in [-0.39, 0.29) is 12.4 Å². The van der Waals surface area contributed by atoms with Gasteiger partial charge >= 0.3 is 0 Å². The summed E-state index contributed by atoms with van der Waals surface area (Å²) in [5.74, 6) is 0.884. The molecule has 134 valence electrons. The topological polar surface area (TPSA) is 70.9 Å². The number of nitrogens with one attached hydrogen (secondary N) is 1. The van der Waals surface area contributed by atoms with Crippen molar-refractivity contribution in [1.29, 1.82) is 0 Å². The first kappa shape index (κ1) is 17.1. The van der Waals surface area contributed by atoms with Gasteiger partial charge in [0.05, 0.1) is 12.1 Å². The van der Waals surface area contributed by atoms with E-state index >= 15 is 0 Å². The lowest BCUT2D eigenvalue weighted by Gasteiger charge is -2.12. The van der Waals surface area contributed by atoms with Crippen LogP contribution in [0.1, 0.15) is 0 Å². The van der Waals surface area contributed by atoms with Gasteiger partial charge in [-0.05, 0) is 47.5 Å². The van der Waals surface area contributed by atoms with Crippen molar-refractivity contribution >= 4 is 16.7 Å². The molecule has 0 amide bonds. The van der Waals surface area contributed by atoms with Gasteiger partial charge in [0.2, 0.25) is 0 Å². The maximum absolute atomic E-state index is 13.6. The third kappa shape index (κ3) is 3.61. The predicted octanol–water partition coefficient (Wildman–Crippen LogP) is 3.90. The third-order valence-corrected chi connectivity index (χ3v) is 4.18. The standard InChI is InChI=1S/C21H17FN4O/c22-17-5-1-3-14(11-17)15-6-7-19-18(12-15)21(24-9-10-27)26-20(25-19)16-4-2-8-23-13-16/h1-8,11-13,27H,9-10H2,(H,24,25,26). The van der Waals surface area contributed by atoms with Crippen molar-refractivity contribution < 1.29 is 9.50 Å². The van der Waals surface area contributed by atoms with Gasteiger partial charge in [-0.1, -0.05) is 18.2 Å². The number of aliphatic hydroxyl groups excluding tert-OH is 1. The summed E-state index contributed by atoms with van der Waals surface area (Å²) in [7, 11) is 0. The molecule has 2 aromatic heterocycles. The molecule has 0 spiro atoms. The lowest BCUT2D eigenvalue weighted by molar-refractivity contribution is 0.311. The molecular weight excluding hydrogens is 343 g/mol. The van der Waals surface area contributed by atoms with Crippen molar-refractivity contribution in [2.75, 3.05) is 18.5 Å². The lowest BCUT2D eigenvalue weighted by Crippen LogP contribution is -2.08. The second kappa shape index (κ2) is 7.47. The fraction of sp³-hybridized carbons (Fsp3) is 0.0952. The molecule has 0 atom stereocenters. The fourth-order valence-electron chi connectivity index (χ4n) is 2.91. The molecule has 2 aromatic carbocycles. The number of rotatable bonds is 5. The molecule has 5 nitrogen and oxygen atoms in total. The average Bonchev–Trinajstić information content (AvgIpc) is 2.72. The maximum atomic E-state index is 13.6. The van der Waals surface area contributed by atoms with Gasteiger partial charge in [0.15, 0.2) is 5.82 Å². The van der Waals surface area contributed by atoms with Gasteiger partial charge in [0.1, 0.15) is 11.6 Å². The summed E-state index contributed by atoms with van der Waals surface area (Å²) in [5.41, 5.74) is 3.21. The number of aliphatic hydroxyl groups is 1. The number of pyridine rings is 1. The molecule has 0 aliphatic rings. The molecule has 0 unspecified atom stereocenters. The van der Waals surface area contributed by atoms with E-state index in [1.54, 1.807) is 18.5 Å². The van der Waals surface area contributed by atoms with Crippen molar-refractivity contribution in [3.63, 3.8) is 0 Å². The van der Waals surface area contributed by atoms with Crippen LogP contribution in [0.3, 0.4) is 0 Å². The average molecular weight is 360 g/mol. The second-order valence-electron chi connectivity index (χ2n) is 6.03. The van der Waals surface area contributed by atoms with Gasteiger partial charge in [0.25, 0.3) is 0 Å². The second-order valence-corrected chi connectivity index (χ2v) is 6.03. The van der Waals surface area contributed by atoms with Crippen molar-refractivity contribution in [3.8, 4) is 22.5 Å². The summed E-state index contributed by atoms with van der Waals surface area (Å²) in [6, 6.07) is 15.9. The van der Waals surface area contributed by atoms with Crippen molar-refractivity contribution in [2.24, 2.45) is 0 Å². The molecule has 0 aliphatic heterocycles. The summed E-state index contributed by atoms with van der Waals surface area (Å²) >= 11 is 0. The van der Waals surface area contributed by atoms with E-state index in [0.717, 1.165) is 27.6 Å². The minimum atomic E-state index is -0.283. The highest BCUT2D eigenvalue weighted by Crippen LogP contribution is 2.29. The van der Waals surface area contributed by atoms with Crippen LogP contribution in [0.5, 0.6) is 0 Å². The molecule has 0 bridgehead atoms. The highest BCUT2D eigenvalue weighted by atomic mass is 19.1. The molecule has 0 saturated carbocycles. The largest absolute Gasteiger partial charge is 0.395 e. The van der Waals surface area contributed by atoms with Gasteiger partial charge in [-0.25, -0.2) is 14.4 Å². The monoisotopic (exact) mass is 360 g/mol. The Labute approximate surface area is 155 Å². The number of hydrogen-bond donors (Lipinski definition) is 2. The first-order valence-corrected chi connectivity index (χ1v) is 8.57. The number of fused-ring (bicyclic) bond motifs is 1. The molecule has 4 aromatic rings. The summed E-state index contributed by atoms with van der Waals surface area (Å²) in [6.07, 6.45) is 3.40. The molecule has 6 heteroatoms. The molecule has 4 rings (SSSR count). The number of halogens is 1. The number of anilines is 1. The number of aromatic nitrogens is 3. The first-order valence-electron chi connectivity index (χ1n) is 8.57. The Balaban J connectivity index is 1.87. The zero-order chi connectivity index (χ0) is 18.6. The van der Waals surface area contributed by atoms with Crippen molar-refractivity contribution in [2.45, 2.75) is 0 Å². The lowest BCUT2D eigenvalue weighted by atomic mass is 10.0. The van der Waals surface area contributed by atoms with E-state index in [1.807, 2.05) is 36.4 Å². The minimum Gasteiger partial charge on any atom is -0.395 e. The van der Waals surface area contributed by atoms with Gasteiger partial charge in [-0.2, -0.15) is 0 Å². The van der Waals surface area contributed by atoms with Crippen LogP contribution in [0, 0.1) is 5.82 Å². The van der Waals surface area contributed by atoms with Crippen LogP contribution in [0.25, 0.3) is 33.4 Å². The fourth-order valence-corrected chi connectivity index (χ4v) is 2.91. The van der Waals surface area contributed by atoms with E-state index < -0.39 is 0 Å².